The van der Waals surface area contributed by atoms with Gasteiger partial charge in [0.2, 0.25) is 0 Å². The van der Waals surface area contributed by atoms with Gasteiger partial charge in [0.05, 0.1) is 6.61 Å². The lowest BCUT2D eigenvalue weighted by Gasteiger charge is -2.23. The molecule has 1 aliphatic rings. The van der Waals surface area contributed by atoms with Crippen molar-refractivity contribution >= 4 is 0 Å². The summed E-state index contributed by atoms with van der Waals surface area (Å²) >= 11 is 0. The molecule has 1 heterocycles. The van der Waals surface area contributed by atoms with Crippen molar-refractivity contribution < 1.29 is 54.8 Å². The van der Waals surface area contributed by atoms with Crippen LogP contribution in [0.1, 0.15) is 6.92 Å². The Labute approximate surface area is 118 Å². The molecular weight excluding hydrogens is 343 g/mol. The van der Waals surface area contributed by atoms with Crippen molar-refractivity contribution in [2.24, 2.45) is 5.73 Å². The summed E-state index contributed by atoms with van der Waals surface area (Å²) in [6.45, 7) is -1.50. The molecule has 0 aromatic rings. The highest BCUT2D eigenvalue weighted by Gasteiger charge is 2.80. The zero-order valence-corrected chi connectivity index (χ0v) is 11.0. The first-order valence-electron chi connectivity index (χ1n) is 4.78. The number of ether oxygens (including phenoxy) is 1. The van der Waals surface area contributed by atoms with Crippen molar-refractivity contribution in [3.63, 3.8) is 0 Å². The summed E-state index contributed by atoms with van der Waals surface area (Å²) in [5, 5.41) is 8.41. The lowest BCUT2D eigenvalue weighted by Crippen LogP contribution is -2.48. The van der Waals surface area contributed by atoms with Crippen LogP contribution in [0.25, 0.3) is 0 Å². The molecule has 8 N–H and O–H groups in total. The van der Waals surface area contributed by atoms with Crippen LogP contribution in [0.3, 0.4) is 0 Å². The molecule has 14 heteroatoms. The van der Waals surface area contributed by atoms with Crippen LogP contribution in [0.15, 0.2) is 0 Å². The number of hydrogen-bond acceptors (Lipinski definition) is 4. The third-order valence-electron chi connectivity index (χ3n) is 2.36. The zero-order valence-electron chi connectivity index (χ0n) is 11.0. The fourth-order valence-electron chi connectivity index (χ4n) is 0.676. The van der Waals surface area contributed by atoms with E-state index in [1.807, 2.05) is 0 Å². The average Bonchev–Trinajstić information content (AvgIpc) is 2.94. The van der Waals surface area contributed by atoms with Crippen LogP contribution < -0.4 is 11.9 Å². The maximum atomic E-state index is 11.5. The first-order chi connectivity index (χ1) is 8.52. The Bertz CT molecular complexity index is 317. The number of hydrogen-bond donors (Lipinski definition) is 3. The quantitative estimate of drug-likeness (QED) is 0.485. The summed E-state index contributed by atoms with van der Waals surface area (Å²) in [6.07, 6.45) is -15.3. The van der Waals surface area contributed by atoms with Gasteiger partial charge in [-0.3, -0.25) is 0 Å². The molecule has 0 saturated carbocycles. The fourth-order valence-corrected chi connectivity index (χ4v) is 0.676. The van der Waals surface area contributed by atoms with Gasteiger partial charge >= 0.3 is 18.5 Å². The lowest BCUT2D eigenvalue weighted by molar-refractivity contribution is -0.291. The molecule has 22 heavy (non-hydrogen) atoms. The van der Waals surface area contributed by atoms with Crippen molar-refractivity contribution in [3.05, 3.63) is 0 Å². The number of aliphatic hydroxyl groups is 1. The molecule has 1 saturated heterocycles. The molecular formula is C8H15F9N2O3. The number of alkyl halides is 9. The van der Waals surface area contributed by atoms with Crippen LogP contribution in [-0.2, 0) is 4.74 Å². The smallest absolute Gasteiger partial charge is 0.412 e. The summed E-state index contributed by atoms with van der Waals surface area (Å²) in [6, 6.07) is 0. The van der Waals surface area contributed by atoms with Gasteiger partial charge in [-0.2, -0.15) is 39.5 Å². The van der Waals surface area contributed by atoms with Crippen LogP contribution in [0.5, 0.6) is 0 Å². The maximum Gasteiger partial charge on any atom is 0.428 e. The number of nitrogens with two attached hydrogens (primary N) is 1. The largest absolute Gasteiger partial charge is 0.428 e. The molecule has 1 aliphatic heterocycles. The summed E-state index contributed by atoms with van der Waals surface area (Å²) in [7, 11) is 0. The van der Waals surface area contributed by atoms with Crippen LogP contribution in [-0.4, -0.2) is 53.5 Å². The summed E-state index contributed by atoms with van der Waals surface area (Å²) in [5.41, 5.74) is -2.00. The summed E-state index contributed by atoms with van der Waals surface area (Å²) in [5.74, 6) is 0. The highest BCUT2D eigenvalue weighted by Crippen LogP contribution is 2.53. The average molecular weight is 358 g/mol. The number of halogens is 9. The molecule has 138 valence electrons. The van der Waals surface area contributed by atoms with Gasteiger partial charge < -0.3 is 27.2 Å². The highest BCUT2D eigenvalue weighted by atomic mass is 19.4. The van der Waals surface area contributed by atoms with Crippen molar-refractivity contribution in [2.75, 3.05) is 13.2 Å². The molecule has 0 bridgehead atoms. The Morgan fingerprint density at radius 1 is 1.00 bits per heavy atom. The molecule has 0 aromatic heterocycles. The minimum atomic E-state index is -5.36. The van der Waals surface area contributed by atoms with E-state index in [4.69, 9.17) is 5.11 Å². The van der Waals surface area contributed by atoms with E-state index in [0.717, 1.165) is 0 Å². The topological polar surface area (TPSA) is 125 Å². The normalized spacial score (nSPS) is 19.6. The van der Waals surface area contributed by atoms with Crippen LogP contribution in [0.4, 0.5) is 39.5 Å². The van der Waals surface area contributed by atoms with Gasteiger partial charge in [-0.05, 0) is 6.92 Å². The molecule has 5 nitrogen and oxygen atoms in total. The van der Waals surface area contributed by atoms with E-state index in [-0.39, 0.29) is 11.6 Å². The molecule has 1 unspecified atom stereocenters. The van der Waals surface area contributed by atoms with E-state index in [0.29, 0.717) is 6.92 Å². The van der Waals surface area contributed by atoms with E-state index in [2.05, 4.69) is 10.5 Å². The van der Waals surface area contributed by atoms with Crippen LogP contribution >= 0.6 is 0 Å². The van der Waals surface area contributed by atoms with Crippen LogP contribution in [0.2, 0.25) is 0 Å². The standard InChI is InChI=1S/C4H2F6O.C4H8F3NO.H3N.H2O/c5-3(6,7)2(1-11-2)4(8,9)10;1-3(9,2-8)4(5,6)7;;/h1H2;9H,2,8H2,1H3;1H3;1H2. The fraction of sp³-hybridized carbons (Fsp3) is 1.00. The van der Waals surface area contributed by atoms with Gasteiger partial charge in [-0.25, -0.2) is 0 Å². The Hall–Kier alpha value is -0.830. The van der Waals surface area contributed by atoms with Gasteiger partial charge in [0.15, 0.2) is 5.60 Å². The Morgan fingerprint density at radius 3 is 1.27 bits per heavy atom. The first-order valence-corrected chi connectivity index (χ1v) is 4.78. The van der Waals surface area contributed by atoms with E-state index in [1.54, 1.807) is 0 Å². The van der Waals surface area contributed by atoms with Crippen molar-refractivity contribution in [3.8, 4) is 0 Å². The summed E-state index contributed by atoms with van der Waals surface area (Å²) < 4.78 is 107. The van der Waals surface area contributed by atoms with E-state index < -0.39 is 42.9 Å². The van der Waals surface area contributed by atoms with E-state index in [1.165, 1.54) is 0 Å². The van der Waals surface area contributed by atoms with Crippen molar-refractivity contribution in [2.45, 2.75) is 36.7 Å². The Balaban J connectivity index is -0.000000307. The van der Waals surface area contributed by atoms with Crippen molar-refractivity contribution in [1.82, 2.24) is 6.15 Å². The maximum absolute atomic E-state index is 11.5. The first kappa shape index (κ1) is 26.1. The number of epoxide rings is 1. The molecule has 0 aromatic carbocycles. The van der Waals surface area contributed by atoms with Gasteiger partial charge in [0.25, 0.3) is 5.60 Å². The molecule has 1 fully saturated rings. The predicted molar refractivity (Wildman–Crippen MR) is 55.2 cm³/mol. The number of rotatable bonds is 1. The minimum absolute atomic E-state index is 0. The van der Waals surface area contributed by atoms with E-state index in [9.17, 15) is 39.5 Å². The third kappa shape index (κ3) is 5.42. The molecule has 0 amide bonds. The molecule has 0 radical (unpaired) electrons. The molecule has 1 rings (SSSR count). The Kier molecular flexibility index (Phi) is 8.49. The molecule has 1 atom stereocenters. The summed E-state index contributed by atoms with van der Waals surface area (Å²) in [4.78, 5) is 0. The van der Waals surface area contributed by atoms with Crippen LogP contribution in [0, 0.1) is 0 Å². The van der Waals surface area contributed by atoms with Crippen molar-refractivity contribution in [1.29, 1.82) is 0 Å². The third-order valence-corrected chi connectivity index (χ3v) is 2.36. The highest BCUT2D eigenvalue weighted by molar-refractivity contribution is 5.05. The molecule has 0 aliphatic carbocycles. The van der Waals surface area contributed by atoms with Gasteiger partial charge in [-0.15, -0.1) is 0 Å². The minimum Gasteiger partial charge on any atom is -0.412 e. The van der Waals surface area contributed by atoms with E-state index >= 15 is 0 Å². The zero-order chi connectivity index (χ0) is 16.6. The Morgan fingerprint density at radius 2 is 1.27 bits per heavy atom. The molecule has 0 spiro atoms. The second-order valence-electron chi connectivity index (χ2n) is 4.09. The van der Waals surface area contributed by atoms with Gasteiger partial charge in [0.1, 0.15) is 0 Å². The SMILES string of the molecule is CC(O)(CN)C(F)(F)F.FC(F)(F)C1(C(F)(F)F)CO1.N.O. The monoisotopic (exact) mass is 358 g/mol. The van der Waals surface area contributed by atoms with Gasteiger partial charge in [-0.1, -0.05) is 0 Å². The van der Waals surface area contributed by atoms with Gasteiger partial charge in [0, 0.05) is 6.54 Å². The lowest BCUT2D eigenvalue weighted by atomic mass is 10.1. The second-order valence-corrected chi connectivity index (χ2v) is 4.09. The predicted octanol–water partition coefficient (Wildman–Crippen LogP) is 1.48. The second kappa shape index (κ2) is 7.16.